The van der Waals surface area contributed by atoms with Crippen molar-refractivity contribution in [3.05, 3.63) is 48.3 Å². The van der Waals surface area contributed by atoms with E-state index < -0.39 is 5.54 Å². The number of likely N-dealkylation sites (tertiary alicyclic amines) is 1. The third-order valence-corrected chi connectivity index (χ3v) is 4.98. The molecular weight excluding hydrogens is 316 g/mol. The molecule has 0 bridgehead atoms. The topological polar surface area (TPSA) is 88.2 Å². The fourth-order valence-corrected chi connectivity index (χ4v) is 3.64. The Morgan fingerprint density at radius 1 is 1.28 bits per heavy atom. The van der Waals surface area contributed by atoms with Crippen LogP contribution in [0.3, 0.4) is 0 Å². The number of nitrogens with zero attached hydrogens (tertiary/aromatic N) is 5. The number of allylic oxidation sites excluding steroid dienone is 2. The maximum Gasteiger partial charge on any atom is 0.179 e. The van der Waals surface area contributed by atoms with Crippen molar-refractivity contribution in [3.63, 3.8) is 0 Å². The summed E-state index contributed by atoms with van der Waals surface area (Å²) in [6, 6.07) is 6.33. The Morgan fingerprint density at radius 2 is 2.20 bits per heavy atom. The average Bonchev–Trinajstić information content (AvgIpc) is 3.12. The zero-order valence-electron chi connectivity index (χ0n) is 13.7. The minimum atomic E-state index is -0.876. The molecule has 0 amide bonds. The summed E-state index contributed by atoms with van der Waals surface area (Å²) in [6.45, 7) is 2.66. The van der Waals surface area contributed by atoms with Crippen LogP contribution in [0.4, 0.5) is 5.82 Å². The number of ether oxygens (including phenoxy) is 1. The number of hydrogen-bond acceptors (Lipinski definition) is 7. The van der Waals surface area contributed by atoms with Gasteiger partial charge in [-0.25, -0.2) is 4.98 Å². The van der Waals surface area contributed by atoms with E-state index in [-0.39, 0.29) is 12.1 Å². The SMILES string of the molecule is N#CN1C[C@@H]2OCCN(c3ccc(C4(C#N)C=CC=CN4)cn3)[C@@H]2C1. The minimum Gasteiger partial charge on any atom is -0.372 e. The first kappa shape index (κ1) is 15.5. The molecule has 4 rings (SSSR count). The van der Waals surface area contributed by atoms with Crippen molar-refractivity contribution in [2.24, 2.45) is 0 Å². The van der Waals surface area contributed by atoms with Gasteiger partial charge in [-0.3, -0.25) is 0 Å². The van der Waals surface area contributed by atoms with Crippen molar-refractivity contribution in [2.45, 2.75) is 17.7 Å². The van der Waals surface area contributed by atoms with E-state index in [1.54, 1.807) is 17.3 Å². The third-order valence-electron chi connectivity index (χ3n) is 4.98. The molecular formula is C18H18N6O. The lowest BCUT2D eigenvalue weighted by Crippen LogP contribution is -2.51. The highest BCUT2D eigenvalue weighted by molar-refractivity contribution is 5.47. The van der Waals surface area contributed by atoms with Crippen molar-refractivity contribution in [1.82, 2.24) is 15.2 Å². The van der Waals surface area contributed by atoms with E-state index in [2.05, 4.69) is 27.5 Å². The number of nitriles is 2. The number of pyridine rings is 1. The van der Waals surface area contributed by atoms with Crippen molar-refractivity contribution >= 4 is 5.82 Å². The molecule has 1 aromatic heterocycles. The molecule has 0 spiro atoms. The molecule has 7 nitrogen and oxygen atoms in total. The Labute approximate surface area is 146 Å². The van der Waals surface area contributed by atoms with Gasteiger partial charge in [0.15, 0.2) is 11.7 Å². The highest BCUT2D eigenvalue weighted by Gasteiger charge is 2.40. The fourth-order valence-electron chi connectivity index (χ4n) is 3.64. The Balaban J connectivity index is 1.58. The molecule has 7 heteroatoms. The molecule has 2 saturated heterocycles. The van der Waals surface area contributed by atoms with Gasteiger partial charge in [0.2, 0.25) is 0 Å². The van der Waals surface area contributed by atoms with Crippen molar-refractivity contribution < 1.29 is 4.74 Å². The van der Waals surface area contributed by atoms with E-state index in [0.29, 0.717) is 19.7 Å². The van der Waals surface area contributed by atoms with Crippen LogP contribution >= 0.6 is 0 Å². The summed E-state index contributed by atoms with van der Waals surface area (Å²) >= 11 is 0. The molecule has 3 atom stereocenters. The number of aromatic nitrogens is 1. The summed E-state index contributed by atoms with van der Waals surface area (Å²) < 4.78 is 5.81. The lowest BCUT2D eigenvalue weighted by Gasteiger charge is -2.37. The van der Waals surface area contributed by atoms with Crippen LogP contribution in [0.15, 0.2) is 42.8 Å². The monoisotopic (exact) mass is 334 g/mol. The van der Waals surface area contributed by atoms with Gasteiger partial charge in [0, 0.05) is 18.3 Å². The van der Waals surface area contributed by atoms with Gasteiger partial charge in [0.1, 0.15) is 11.9 Å². The normalized spacial score (nSPS) is 30.3. The second-order valence-corrected chi connectivity index (χ2v) is 6.36. The molecule has 2 fully saturated rings. The molecule has 0 saturated carbocycles. The Bertz CT molecular complexity index is 789. The van der Waals surface area contributed by atoms with Crippen LogP contribution in [0.2, 0.25) is 0 Å². The Kier molecular flexibility index (Phi) is 3.79. The van der Waals surface area contributed by atoms with Crippen LogP contribution in [0.25, 0.3) is 0 Å². The van der Waals surface area contributed by atoms with Crippen molar-refractivity contribution in [1.29, 1.82) is 10.5 Å². The number of morpholine rings is 1. The van der Waals surface area contributed by atoms with Gasteiger partial charge in [-0.05, 0) is 24.4 Å². The number of dihydropyridines is 1. The summed E-state index contributed by atoms with van der Waals surface area (Å²) in [5, 5.41) is 21.8. The second kappa shape index (κ2) is 6.12. The molecule has 25 heavy (non-hydrogen) atoms. The van der Waals surface area contributed by atoms with Crippen LogP contribution in [-0.2, 0) is 10.3 Å². The van der Waals surface area contributed by atoms with E-state index in [4.69, 9.17) is 10.00 Å². The lowest BCUT2D eigenvalue weighted by atomic mass is 9.91. The first-order valence-corrected chi connectivity index (χ1v) is 8.28. The summed E-state index contributed by atoms with van der Waals surface area (Å²) in [4.78, 5) is 8.54. The molecule has 0 radical (unpaired) electrons. The predicted octanol–water partition coefficient (Wildman–Crippen LogP) is 0.844. The molecule has 0 aromatic carbocycles. The highest BCUT2D eigenvalue weighted by Crippen LogP contribution is 2.29. The first-order chi connectivity index (χ1) is 12.3. The van der Waals surface area contributed by atoms with Crippen LogP contribution in [0.5, 0.6) is 0 Å². The van der Waals surface area contributed by atoms with Gasteiger partial charge in [-0.1, -0.05) is 12.1 Å². The molecule has 1 unspecified atom stereocenters. The van der Waals surface area contributed by atoms with E-state index >= 15 is 0 Å². The third kappa shape index (κ3) is 2.59. The Hall–Kier alpha value is -3.03. The molecule has 4 heterocycles. The Morgan fingerprint density at radius 3 is 2.88 bits per heavy atom. The predicted molar refractivity (Wildman–Crippen MR) is 91.0 cm³/mol. The van der Waals surface area contributed by atoms with E-state index in [1.165, 1.54) is 0 Å². The number of nitrogens with one attached hydrogen (secondary N) is 1. The first-order valence-electron chi connectivity index (χ1n) is 8.28. The highest BCUT2D eigenvalue weighted by atomic mass is 16.5. The van der Waals surface area contributed by atoms with Crippen LogP contribution < -0.4 is 10.2 Å². The van der Waals surface area contributed by atoms with Crippen LogP contribution in [0, 0.1) is 22.8 Å². The van der Waals surface area contributed by atoms with Gasteiger partial charge in [0.05, 0.1) is 31.8 Å². The molecule has 3 aliphatic rings. The second-order valence-electron chi connectivity index (χ2n) is 6.36. The number of fused-ring (bicyclic) bond motifs is 1. The van der Waals surface area contributed by atoms with E-state index in [0.717, 1.165) is 17.9 Å². The van der Waals surface area contributed by atoms with Crippen LogP contribution in [-0.4, -0.2) is 48.3 Å². The standard InChI is InChI=1S/C18H18N6O/c19-12-18(5-1-2-6-22-18)14-3-4-17(21-9-14)24-7-8-25-16-11-23(13-20)10-15(16)24/h1-6,9,15-16,22H,7-8,10-11H2/t15-,16+,18?/m1/s1. The molecule has 0 aliphatic carbocycles. The summed E-state index contributed by atoms with van der Waals surface area (Å²) in [6.07, 6.45) is 11.3. The quantitative estimate of drug-likeness (QED) is 0.802. The van der Waals surface area contributed by atoms with Gasteiger partial charge in [-0.15, -0.1) is 0 Å². The molecule has 3 aliphatic heterocycles. The smallest absolute Gasteiger partial charge is 0.179 e. The van der Waals surface area contributed by atoms with Gasteiger partial charge < -0.3 is 19.9 Å². The van der Waals surface area contributed by atoms with Gasteiger partial charge in [0.25, 0.3) is 0 Å². The van der Waals surface area contributed by atoms with Crippen LogP contribution in [0.1, 0.15) is 5.56 Å². The molecule has 126 valence electrons. The van der Waals surface area contributed by atoms with Gasteiger partial charge >= 0.3 is 0 Å². The number of anilines is 1. The molecule has 1 aromatic rings. The maximum atomic E-state index is 9.60. The fraction of sp³-hybridized carbons (Fsp3) is 0.389. The zero-order valence-corrected chi connectivity index (χ0v) is 13.7. The largest absolute Gasteiger partial charge is 0.372 e. The van der Waals surface area contributed by atoms with Gasteiger partial charge in [-0.2, -0.15) is 10.5 Å². The number of hydrogen-bond donors (Lipinski definition) is 1. The summed E-state index contributed by atoms with van der Waals surface area (Å²) in [5.74, 6) is 0.852. The van der Waals surface area contributed by atoms with E-state index in [9.17, 15) is 5.26 Å². The average molecular weight is 334 g/mol. The maximum absolute atomic E-state index is 9.60. The van der Waals surface area contributed by atoms with E-state index in [1.807, 2.05) is 30.4 Å². The minimum absolute atomic E-state index is 0.0356. The lowest BCUT2D eigenvalue weighted by molar-refractivity contribution is 0.0323. The van der Waals surface area contributed by atoms with Crippen molar-refractivity contribution in [2.75, 3.05) is 31.1 Å². The number of rotatable bonds is 2. The summed E-state index contributed by atoms with van der Waals surface area (Å²) in [5.41, 5.74) is -0.0760. The molecule has 1 N–H and O–H groups in total. The summed E-state index contributed by atoms with van der Waals surface area (Å²) in [7, 11) is 0. The van der Waals surface area contributed by atoms with Crippen molar-refractivity contribution in [3.8, 4) is 12.3 Å². The zero-order chi connectivity index (χ0) is 17.3.